The van der Waals surface area contributed by atoms with Crippen molar-refractivity contribution < 1.29 is 0 Å². The second-order valence-corrected chi connectivity index (χ2v) is 5.83. The average molecular weight is 231 g/mol. The summed E-state index contributed by atoms with van der Waals surface area (Å²) >= 11 is 0. The molecule has 1 aliphatic rings. The van der Waals surface area contributed by atoms with Crippen LogP contribution in [0.25, 0.3) is 0 Å². The summed E-state index contributed by atoms with van der Waals surface area (Å²) in [5.74, 6) is 1.59. The summed E-state index contributed by atoms with van der Waals surface area (Å²) in [6.45, 7) is 9.19. The molecule has 2 unspecified atom stereocenters. The zero-order valence-corrected chi connectivity index (χ0v) is 11.4. The smallest absolute Gasteiger partial charge is 0.000554 e. The third-order valence-corrected chi connectivity index (χ3v) is 4.15. The molecule has 0 radical (unpaired) electrons. The van der Waals surface area contributed by atoms with E-state index in [0.29, 0.717) is 5.41 Å². The lowest BCUT2D eigenvalue weighted by molar-refractivity contribution is 0.499. The molecule has 0 aliphatic heterocycles. The minimum Gasteiger partial charge on any atom is -0.316 e. The Morgan fingerprint density at radius 2 is 2.00 bits per heavy atom. The second kappa shape index (κ2) is 5.22. The van der Waals surface area contributed by atoms with E-state index in [4.69, 9.17) is 0 Å². The van der Waals surface area contributed by atoms with Crippen LogP contribution < -0.4 is 5.32 Å². The molecule has 17 heavy (non-hydrogen) atoms. The molecule has 0 spiro atoms. The van der Waals surface area contributed by atoms with Crippen molar-refractivity contribution in [1.29, 1.82) is 0 Å². The maximum Gasteiger partial charge on any atom is -0.000554 e. The maximum atomic E-state index is 3.61. The first-order valence-corrected chi connectivity index (χ1v) is 6.95. The van der Waals surface area contributed by atoms with Gasteiger partial charge in [-0.05, 0) is 48.7 Å². The fourth-order valence-corrected chi connectivity index (χ4v) is 2.96. The molecule has 1 N–H and O–H groups in total. The van der Waals surface area contributed by atoms with Gasteiger partial charge in [-0.3, -0.25) is 0 Å². The standard InChI is InChI=1S/C16H25N/c1-4-16(14-8-6-5-7-9-14)10-15(16)12-17-11-13(2)3/h5-9,13,15,17H,4,10-12H2,1-3H3. The van der Waals surface area contributed by atoms with E-state index in [1.807, 2.05) is 0 Å². The summed E-state index contributed by atoms with van der Waals surface area (Å²) < 4.78 is 0. The van der Waals surface area contributed by atoms with Crippen LogP contribution in [0.3, 0.4) is 0 Å². The molecule has 0 aromatic heterocycles. The first-order valence-electron chi connectivity index (χ1n) is 6.95. The van der Waals surface area contributed by atoms with Crippen LogP contribution in [-0.2, 0) is 5.41 Å². The lowest BCUT2D eigenvalue weighted by Gasteiger charge is -2.16. The number of benzene rings is 1. The summed E-state index contributed by atoms with van der Waals surface area (Å²) in [6.07, 6.45) is 2.63. The molecule has 94 valence electrons. The largest absolute Gasteiger partial charge is 0.316 e. The first-order chi connectivity index (χ1) is 8.19. The zero-order valence-electron chi connectivity index (χ0n) is 11.4. The van der Waals surface area contributed by atoms with Crippen LogP contribution in [-0.4, -0.2) is 13.1 Å². The Morgan fingerprint density at radius 1 is 1.29 bits per heavy atom. The summed E-state index contributed by atoms with van der Waals surface area (Å²) in [6, 6.07) is 11.0. The van der Waals surface area contributed by atoms with Crippen molar-refractivity contribution in [3.05, 3.63) is 35.9 Å². The van der Waals surface area contributed by atoms with Crippen LogP contribution in [0.15, 0.2) is 30.3 Å². The fourth-order valence-electron chi connectivity index (χ4n) is 2.96. The highest BCUT2D eigenvalue weighted by Gasteiger charge is 2.52. The summed E-state index contributed by atoms with van der Waals surface area (Å²) in [5.41, 5.74) is 2.02. The molecule has 1 saturated carbocycles. The number of hydrogen-bond donors (Lipinski definition) is 1. The van der Waals surface area contributed by atoms with E-state index in [-0.39, 0.29) is 0 Å². The zero-order chi connectivity index (χ0) is 12.3. The summed E-state index contributed by atoms with van der Waals surface area (Å²) in [7, 11) is 0. The van der Waals surface area contributed by atoms with E-state index < -0.39 is 0 Å². The fraction of sp³-hybridized carbons (Fsp3) is 0.625. The van der Waals surface area contributed by atoms with Gasteiger partial charge in [-0.1, -0.05) is 51.1 Å². The molecule has 1 aromatic rings. The van der Waals surface area contributed by atoms with Gasteiger partial charge < -0.3 is 5.32 Å². The quantitative estimate of drug-likeness (QED) is 0.789. The van der Waals surface area contributed by atoms with E-state index in [1.54, 1.807) is 5.56 Å². The molecule has 1 fully saturated rings. The molecular weight excluding hydrogens is 206 g/mol. The van der Waals surface area contributed by atoms with Crippen molar-refractivity contribution in [2.24, 2.45) is 11.8 Å². The SMILES string of the molecule is CCC1(c2ccccc2)CC1CNCC(C)C. The van der Waals surface area contributed by atoms with Crippen molar-refractivity contribution in [2.75, 3.05) is 13.1 Å². The molecular formula is C16H25N. The number of hydrogen-bond acceptors (Lipinski definition) is 1. The van der Waals surface area contributed by atoms with Crippen LogP contribution in [0.4, 0.5) is 0 Å². The Kier molecular flexibility index (Phi) is 3.88. The van der Waals surface area contributed by atoms with Gasteiger partial charge >= 0.3 is 0 Å². The predicted molar refractivity (Wildman–Crippen MR) is 74.2 cm³/mol. The van der Waals surface area contributed by atoms with E-state index in [9.17, 15) is 0 Å². The third-order valence-electron chi connectivity index (χ3n) is 4.15. The van der Waals surface area contributed by atoms with Crippen LogP contribution in [0.1, 0.15) is 39.2 Å². The molecule has 1 heteroatoms. The van der Waals surface area contributed by atoms with E-state index in [2.05, 4.69) is 56.4 Å². The van der Waals surface area contributed by atoms with Crippen LogP contribution >= 0.6 is 0 Å². The molecule has 0 bridgehead atoms. The van der Waals surface area contributed by atoms with Gasteiger partial charge in [-0.15, -0.1) is 0 Å². The Balaban J connectivity index is 1.92. The van der Waals surface area contributed by atoms with Crippen LogP contribution in [0, 0.1) is 11.8 Å². The van der Waals surface area contributed by atoms with Crippen molar-refractivity contribution in [3.8, 4) is 0 Å². The summed E-state index contributed by atoms with van der Waals surface area (Å²) in [4.78, 5) is 0. The Bertz CT molecular complexity index is 344. The van der Waals surface area contributed by atoms with Crippen LogP contribution in [0.5, 0.6) is 0 Å². The van der Waals surface area contributed by atoms with Crippen molar-refractivity contribution >= 4 is 0 Å². The molecule has 1 nitrogen and oxygen atoms in total. The highest BCUT2D eigenvalue weighted by molar-refractivity contribution is 5.33. The summed E-state index contributed by atoms with van der Waals surface area (Å²) in [5, 5.41) is 3.61. The maximum absolute atomic E-state index is 3.61. The van der Waals surface area contributed by atoms with Crippen molar-refractivity contribution in [1.82, 2.24) is 5.32 Å². The van der Waals surface area contributed by atoms with Gasteiger partial charge in [0, 0.05) is 0 Å². The molecule has 1 aliphatic carbocycles. The lowest BCUT2D eigenvalue weighted by atomic mass is 9.90. The number of nitrogens with one attached hydrogen (secondary N) is 1. The average Bonchev–Trinajstić information content (AvgIpc) is 3.05. The molecule has 0 amide bonds. The number of rotatable bonds is 6. The predicted octanol–water partition coefficient (Wildman–Crippen LogP) is 3.60. The molecule has 0 saturated heterocycles. The molecule has 1 aromatic carbocycles. The van der Waals surface area contributed by atoms with Gasteiger partial charge in [0.25, 0.3) is 0 Å². The van der Waals surface area contributed by atoms with Crippen molar-refractivity contribution in [2.45, 2.75) is 39.0 Å². The highest BCUT2D eigenvalue weighted by Crippen LogP contribution is 2.56. The van der Waals surface area contributed by atoms with Gasteiger partial charge in [0.1, 0.15) is 0 Å². The third kappa shape index (κ3) is 2.71. The Labute approximate surface area is 106 Å². The van der Waals surface area contributed by atoms with Gasteiger partial charge in [0.05, 0.1) is 0 Å². The van der Waals surface area contributed by atoms with E-state index in [1.165, 1.54) is 19.4 Å². The highest BCUT2D eigenvalue weighted by atomic mass is 14.9. The molecule has 0 heterocycles. The lowest BCUT2D eigenvalue weighted by Crippen LogP contribution is -2.24. The topological polar surface area (TPSA) is 12.0 Å². The molecule has 2 rings (SSSR count). The van der Waals surface area contributed by atoms with Gasteiger partial charge in [-0.25, -0.2) is 0 Å². The normalized spacial score (nSPS) is 27.4. The van der Waals surface area contributed by atoms with E-state index in [0.717, 1.165) is 18.4 Å². The van der Waals surface area contributed by atoms with Gasteiger partial charge in [0.2, 0.25) is 0 Å². The Morgan fingerprint density at radius 3 is 2.59 bits per heavy atom. The first kappa shape index (κ1) is 12.6. The second-order valence-electron chi connectivity index (χ2n) is 5.83. The van der Waals surface area contributed by atoms with E-state index >= 15 is 0 Å². The van der Waals surface area contributed by atoms with Crippen molar-refractivity contribution in [3.63, 3.8) is 0 Å². The minimum absolute atomic E-state index is 0.477. The minimum atomic E-state index is 0.477. The monoisotopic (exact) mass is 231 g/mol. The molecule has 2 atom stereocenters. The van der Waals surface area contributed by atoms with Gasteiger partial charge in [-0.2, -0.15) is 0 Å². The van der Waals surface area contributed by atoms with Gasteiger partial charge in [0.15, 0.2) is 0 Å². The van der Waals surface area contributed by atoms with Crippen LogP contribution in [0.2, 0.25) is 0 Å². The Hall–Kier alpha value is -0.820.